The molecular weight excluding hydrogens is 245 g/mol. The van der Waals surface area contributed by atoms with Crippen molar-refractivity contribution >= 4 is 0 Å². The Kier molecular flexibility index (Phi) is 2.97. The van der Waals surface area contributed by atoms with Crippen LogP contribution in [0, 0.1) is 5.82 Å². The van der Waals surface area contributed by atoms with E-state index < -0.39 is 0 Å². The van der Waals surface area contributed by atoms with E-state index in [-0.39, 0.29) is 17.5 Å². The van der Waals surface area contributed by atoms with E-state index in [0.717, 1.165) is 24.2 Å². The van der Waals surface area contributed by atoms with Crippen molar-refractivity contribution in [2.45, 2.75) is 38.1 Å². The normalized spacial score (nSPS) is 17.2. The van der Waals surface area contributed by atoms with Gasteiger partial charge in [-0.3, -0.25) is 4.57 Å². The Bertz CT molecular complexity index is 625. The number of hydrogen-bond acceptors (Lipinski definition) is 2. The second-order valence-corrected chi connectivity index (χ2v) is 5.11. The summed E-state index contributed by atoms with van der Waals surface area (Å²) in [4.78, 5) is 11.9. The summed E-state index contributed by atoms with van der Waals surface area (Å²) in [5.74, 6) is 0.935. The van der Waals surface area contributed by atoms with E-state index in [4.69, 9.17) is 0 Å². The first-order valence-corrected chi connectivity index (χ1v) is 6.59. The Morgan fingerprint density at radius 2 is 2.05 bits per heavy atom. The molecule has 100 valence electrons. The van der Waals surface area contributed by atoms with Gasteiger partial charge in [-0.15, -0.1) is 0 Å². The van der Waals surface area contributed by atoms with Crippen LogP contribution in [0.5, 0.6) is 0 Å². The fraction of sp³-hybridized carbons (Fsp3) is 0.429. The molecule has 1 saturated carbocycles. The van der Waals surface area contributed by atoms with E-state index in [2.05, 4.69) is 10.2 Å². The summed E-state index contributed by atoms with van der Waals surface area (Å²) in [5, 5.41) is 6.68. The van der Waals surface area contributed by atoms with Gasteiger partial charge < -0.3 is 0 Å². The van der Waals surface area contributed by atoms with Gasteiger partial charge in [-0.2, -0.15) is 5.10 Å². The number of rotatable bonds is 3. The Balaban J connectivity index is 1.98. The van der Waals surface area contributed by atoms with Crippen molar-refractivity contribution in [3.63, 3.8) is 0 Å². The maximum Gasteiger partial charge on any atom is 0.343 e. The van der Waals surface area contributed by atoms with Crippen LogP contribution in [-0.2, 0) is 0 Å². The first kappa shape index (κ1) is 12.1. The molecule has 1 heterocycles. The molecular formula is C14H16FN3O. The Morgan fingerprint density at radius 3 is 2.63 bits per heavy atom. The molecule has 2 aromatic rings. The maximum atomic E-state index is 13.0. The van der Waals surface area contributed by atoms with Gasteiger partial charge in [0.1, 0.15) is 11.6 Å². The zero-order valence-electron chi connectivity index (χ0n) is 10.8. The molecule has 1 atom stereocenters. The predicted molar refractivity (Wildman–Crippen MR) is 69.7 cm³/mol. The van der Waals surface area contributed by atoms with Crippen molar-refractivity contribution in [3.8, 4) is 0 Å². The monoisotopic (exact) mass is 261 g/mol. The largest absolute Gasteiger partial charge is 0.343 e. The molecule has 1 N–H and O–H groups in total. The van der Waals surface area contributed by atoms with E-state index in [0.29, 0.717) is 5.92 Å². The SMILES string of the molecule is C[C@H](c1ccc(F)cc1)n1c(C2CCC2)n[nH]c1=O. The molecule has 1 aromatic heterocycles. The topological polar surface area (TPSA) is 50.7 Å². The van der Waals surface area contributed by atoms with Crippen LogP contribution in [0.4, 0.5) is 4.39 Å². The van der Waals surface area contributed by atoms with Gasteiger partial charge in [0.05, 0.1) is 6.04 Å². The molecule has 0 saturated heterocycles. The van der Waals surface area contributed by atoms with Crippen LogP contribution in [0.2, 0.25) is 0 Å². The van der Waals surface area contributed by atoms with Crippen LogP contribution in [0.15, 0.2) is 29.1 Å². The molecule has 0 radical (unpaired) electrons. The van der Waals surface area contributed by atoms with E-state index in [1.807, 2.05) is 6.92 Å². The second kappa shape index (κ2) is 4.64. The predicted octanol–water partition coefficient (Wildman–Crippen LogP) is 2.59. The zero-order chi connectivity index (χ0) is 13.4. The average molecular weight is 261 g/mol. The van der Waals surface area contributed by atoms with Crippen LogP contribution in [0.3, 0.4) is 0 Å². The molecule has 1 aliphatic rings. The fourth-order valence-electron chi connectivity index (χ4n) is 2.54. The highest BCUT2D eigenvalue weighted by atomic mass is 19.1. The molecule has 0 bridgehead atoms. The number of nitrogens with one attached hydrogen (secondary N) is 1. The highest BCUT2D eigenvalue weighted by molar-refractivity contribution is 5.21. The highest BCUT2D eigenvalue weighted by Crippen LogP contribution is 2.35. The number of halogens is 1. The molecule has 1 aliphatic carbocycles. The van der Waals surface area contributed by atoms with E-state index in [1.165, 1.54) is 18.6 Å². The van der Waals surface area contributed by atoms with E-state index in [9.17, 15) is 9.18 Å². The zero-order valence-corrected chi connectivity index (χ0v) is 10.8. The van der Waals surface area contributed by atoms with Crippen LogP contribution < -0.4 is 5.69 Å². The van der Waals surface area contributed by atoms with Gasteiger partial charge in [-0.25, -0.2) is 14.3 Å². The third-order valence-electron chi connectivity index (χ3n) is 3.94. The Labute approximate surface area is 110 Å². The van der Waals surface area contributed by atoms with Gasteiger partial charge in [0.25, 0.3) is 0 Å². The molecule has 4 nitrogen and oxygen atoms in total. The van der Waals surface area contributed by atoms with Gasteiger partial charge in [-0.05, 0) is 37.5 Å². The van der Waals surface area contributed by atoms with Gasteiger partial charge >= 0.3 is 5.69 Å². The van der Waals surface area contributed by atoms with Crippen LogP contribution in [0.25, 0.3) is 0 Å². The number of nitrogens with zero attached hydrogens (tertiary/aromatic N) is 2. The van der Waals surface area contributed by atoms with Crippen molar-refractivity contribution < 1.29 is 4.39 Å². The van der Waals surface area contributed by atoms with Crippen molar-refractivity contribution in [3.05, 3.63) is 52.0 Å². The number of benzene rings is 1. The highest BCUT2D eigenvalue weighted by Gasteiger charge is 2.27. The first-order chi connectivity index (χ1) is 9.16. The lowest BCUT2D eigenvalue weighted by Gasteiger charge is -2.26. The lowest BCUT2D eigenvalue weighted by atomic mass is 9.84. The Hall–Kier alpha value is -1.91. The number of aromatic amines is 1. The molecule has 1 aromatic carbocycles. The van der Waals surface area contributed by atoms with Gasteiger partial charge in [0, 0.05) is 5.92 Å². The third-order valence-corrected chi connectivity index (χ3v) is 3.94. The standard InChI is InChI=1S/C14H16FN3O/c1-9(10-5-7-12(15)8-6-10)18-13(11-3-2-4-11)16-17-14(18)19/h5-9,11H,2-4H2,1H3,(H,17,19)/t9-/m1/s1. The molecule has 0 amide bonds. The first-order valence-electron chi connectivity index (χ1n) is 6.59. The molecule has 19 heavy (non-hydrogen) atoms. The molecule has 0 spiro atoms. The van der Waals surface area contributed by atoms with E-state index >= 15 is 0 Å². The van der Waals surface area contributed by atoms with Gasteiger partial charge in [0.2, 0.25) is 0 Å². The van der Waals surface area contributed by atoms with Crippen LogP contribution in [0.1, 0.15) is 49.5 Å². The quantitative estimate of drug-likeness (QED) is 0.923. The van der Waals surface area contributed by atoms with Crippen molar-refractivity contribution in [2.24, 2.45) is 0 Å². The number of H-pyrrole nitrogens is 1. The smallest absolute Gasteiger partial charge is 0.272 e. The average Bonchev–Trinajstić information content (AvgIpc) is 2.69. The summed E-state index contributed by atoms with van der Waals surface area (Å²) in [6.45, 7) is 1.94. The van der Waals surface area contributed by atoms with Crippen molar-refractivity contribution in [1.29, 1.82) is 0 Å². The number of aromatic nitrogens is 3. The lowest BCUT2D eigenvalue weighted by Crippen LogP contribution is -2.26. The second-order valence-electron chi connectivity index (χ2n) is 5.11. The van der Waals surface area contributed by atoms with Gasteiger partial charge in [0.15, 0.2) is 0 Å². The molecule has 5 heteroatoms. The minimum absolute atomic E-state index is 0.137. The minimum atomic E-state index is -0.269. The van der Waals surface area contributed by atoms with Crippen molar-refractivity contribution in [2.75, 3.05) is 0 Å². The number of hydrogen-bond donors (Lipinski definition) is 1. The van der Waals surface area contributed by atoms with Crippen molar-refractivity contribution in [1.82, 2.24) is 14.8 Å². The summed E-state index contributed by atoms with van der Waals surface area (Å²) < 4.78 is 14.6. The Morgan fingerprint density at radius 1 is 1.37 bits per heavy atom. The van der Waals surface area contributed by atoms with Crippen LogP contribution in [-0.4, -0.2) is 14.8 Å². The summed E-state index contributed by atoms with van der Waals surface area (Å²) in [6, 6.07) is 6.12. The summed E-state index contributed by atoms with van der Waals surface area (Å²) in [7, 11) is 0. The van der Waals surface area contributed by atoms with Gasteiger partial charge in [-0.1, -0.05) is 18.6 Å². The third kappa shape index (κ3) is 2.09. The molecule has 0 aliphatic heterocycles. The van der Waals surface area contributed by atoms with E-state index in [1.54, 1.807) is 16.7 Å². The minimum Gasteiger partial charge on any atom is -0.272 e. The van der Waals surface area contributed by atoms with Crippen LogP contribution >= 0.6 is 0 Å². The molecule has 1 fully saturated rings. The summed E-state index contributed by atoms with van der Waals surface area (Å²) >= 11 is 0. The maximum absolute atomic E-state index is 13.0. The lowest BCUT2D eigenvalue weighted by molar-refractivity contribution is 0.380. The summed E-state index contributed by atoms with van der Waals surface area (Å²) in [5.41, 5.74) is 0.712. The molecule has 0 unspecified atom stereocenters. The fourth-order valence-corrected chi connectivity index (χ4v) is 2.54. The summed E-state index contributed by atoms with van der Waals surface area (Å²) in [6.07, 6.45) is 3.36. The molecule has 3 rings (SSSR count).